The number of pyridine rings is 1. The fourth-order valence-electron chi connectivity index (χ4n) is 6.53. The summed E-state index contributed by atoms with van der Waals surface area (Å²) in [6, 6.07) is 10.6. The van der Waals surface area contributed by atoms with Crippen molar-refractivity contribution in [2.45, 2.75) is 43.6 Å². The molecule has 4 atom stereocenters. The Morgan fingerprint density at radius 1 is 1.32 bits per heavy atom. The lowest BCUT2D eigenvalue weighted by molar-refractivity contribution is 0.0902. The molecule has 2 fully saturated rings. The summed E-state index contributed by atoms with van der Waals surface area (Å²) in [6.45, 7) is 4.53. The molecule has 4 aliphatic rings. The topological polar surface area (TPSA) is 45.5 Å². The highest BCUT2D eigenvalue weighted by Gasteiger charge is 2.62. The third-order valence-corrected chi connectivity index (χ3v) is 7.50. The Morgan fingerprint density at radius 2 is 2.16 bits per heavy atom. The lowest BCUT2D eigenvalue weighted by Crippen LogP contribution is -2.54. The summed E-state index contributed by atoms with van der Waals surface area (Å²) in [5, 5.41) is 10.4. The Morgan fingerprint density at radius 3 is 3.00 bits per heavy atom. The SMILES string of the molecule is CC[C@@H]1CN2CC[C@@]34c5ccccc5-n5c3c(cc(O)c5=O)[C@H]1CC24. The molecular formula is C21H22N2O2. The van der Waals surface area contributed by atoms with Gasteiger partial charge in [-0.25, -0.2) is 0 Å². The van der Waals surface area contributed by atoms with Gasteiger partial charge in [0.1, 0.15) is 0 Å². The van der Waals surface area contributed by atoms with Gasteiger partial charge in [-0.2, -0.15) is 0 Å². The summed E-state index contributed by atoms with van der Waals surface area (Å²) in [6.07, 6.45) is 3.37. The van der Waals surface area contributed by atoms with Gasteiger partial charge in [0.05, 0.1) is 11.1 Å². The maximum absolute atomic E-state index is 12.9. The number of aromatic nitrogens is 1. The largest absolute Gasteiger partial charge is 0.503 e. The summed E-state index contributed by atoms with van der Waals surface area (Å²) in [5.74, 6) is 0.969. The van der Waals surface area contributed by atoms with Crippen LogP contribution in [0.15, 0.2) is 35.1 Å². The molecule has 0 saturated carbocycles. The van der Waals surface area contributed by atoms with Crippen LogP contribution < -0.4 is 5.56 Å². The van der Waals surface area contributed by atoms with Gasteiger partial charge in [0.25, 0.3) is 5.56 Å². The minimum Gasteiger partial charge on any atom is -0.503 e. The molecule has 4 heterocycles. The zero-order valence-corrected chi connectivity index (χ0v) is 14.4. The number of nitrogens with zero attached hydrogens (tertiary/aromatic N) is 2. The van der Waals surface area contributed by atoms with E-state index in [4.69, 9.17) is 0 Å². The summed E-state index contributed by atoms with van der Waals surface area (Å²) < 4.78 is 1.85. The van der Waals surface area contributed by atoms with E-state index in [1.807, 2.05) is 16.7 Å². The molecule has 2 bridgehead atoms. The van der Waals surface area contributed by atoms with Crippen LogP contribution in [-0.2, 0) is 5.41 Å². The first kappa shape index (κ1) is 14.1. The van der Waals surface area contributed by atoms with E-state index in [-0.39, 0.29) is 16.7 Å². The van der Waals surface area contributed by atoms with Crippen molar-refractivity contribution in [2.75, 3.05) is 13.1 Å². The Bertz CT molecular complexity index is 978. The number of hydrogen-bond acceptors (Lipinski definition) is 3. The second-order valence-corrected chi connectivity index (χ2v) is 8.23. The highest BCUT2D eigenvalue weighted by atomic mass is 16.3. The van der Waals surface area contributed by atoms with Gasteiger partial charge >= 0.3 is 0 Å². The number of para-hydroxylation sites is 1. The minimum absolute atomic E-state index is 0.0615. The number of rotatable bonds is 1. The Balaban J connectivity index is 1.79. The molecule has 2 aromatic rings. The highest BCUT2D eigenvalue weighted by molar-refractivity contribution is 5.64. The van der Waals surface area contributed by atoms with Gasteiger partial charge in [-0.05, 0) is 54.5 Å². The van der Waals surface area contributed by atoms with Gasteiger partial charge in [-0.3, -0.25) is 14.3 Å². The van der Waals surface area contributed by atoms with Crippen LogP contribution in [0, 0.1) is 5.92 Å². The van der Waals surface area contributed by atoms with Crippen LogP contribution in [-0.4, -0.2) is 33.7 Å². The molecule has 1 aliphatic carbocycles. The van der Waals surface area contributed by atoms with Crippen LogP contribution in [0.3, 0.4) is 0 Å². The van der Waals surface area contributed by atoms with Crippen LogP contribution in [0.4, 0.5) is 0 Å². The molecule has 0 radical (unpaired) electrons. The molecule has 4 nitrogen and oxygen atoms in total. The van der Waals surface area contributed by atoms with Crippen LogP contribution in [0.2, 0.25) is 0 Å². The van der Waals surface area contributed by atoms with Crippen molar-refractivity contribution >= 4 is 0 Å². The minimum atomic E-state index is -0.255. The summed E-state index contributed by atoms with van der Waals surface area (Å²) in [5.41, 5.74) is 4.39. The lowest BCUT2D eigenvalue weighted by Gasteiger charge is -2.50. The first-order chi connectivity index (χ1) is 12.2. The maximum atomic E-state index is 12.9. The van der Waals surface area contributed by atoms with E-state index >= 15 is 0 Å². The average molecular weight is 334 g/mol. The number of hydrogen-bond donors (Lipinski definition) is 1. The molecule has 25 heavy (non-hydrogen) atoms. The number of aromatic hydroxyl groups is 1. The molecule has 1 aromatic carbocycles. The fourth-order valence-corrected chi connectivity index (χ4v) is 6.53. The van der Waals surface area contributed by atoms with Gasteiger partial charge in [0.2, 0.25) is 0 Å². The van der Waals surface area contributed by atoms with Crippen molar-refractivity contribution in [1.82, 2.24) is 9.47 Å². The number of benzene rings is 1. The smallest absolute Gasteiger partial charge is 0.297 e. The Hall–Kier alpha value is -2.07. The predicted molar refractivity (Wildman–Crippen MR) is 95.6 cm³/mol. The monoisotopic (exact) mass is 334 g/mol. The molecular weight excluding hydrogens is 312 g/mol. The number of piperidine rings is 1. The molecule has 1 N–H and O–H groups in total. The van der Waals surface area contributed by atoms with Crippen molar-refractivity contribution in [3.63, 3.8) is 0 Å². The zero-order valence-electron chi connectivity index (χ0n) is 14.4. The average Bonchev–Trinajstić information content (AvgIpc) is 3.17. The molecule has 4 heteroatoms. The first-order valence-corrected chi connectivity index (χ1v) is 9.50. The molecule has 1 spiro atoms. The molecule has 1 unspecified atom stereocenters. The van der Waals surface area contributed by atoms with Crippen molar-refractivity contribution in [1.29, 1.82) is 0 Å². The molecule has 0 amide bonds. The zero-order chi connectivity index (χ0) is 16.9. The third-order valence-electron chi connectivity index (χ3n) is 7.50. The van der Waals surface area contributed by atoms with E-state index in [1.54, 1.807) is 6.07 Å². The van der Waals surface area contributed by atoms with Gasteiger partial charge in [-0.15, -0.1) is 0 Å². The molecule has 1 aromatic heterocycles. The molecule has 3 aliphatic heterocycles. The van der Waals surface area contributed by atoms with Crippen LogP contribution in [0.1, 0.15) is 48.9 Å². The lowest BCUT2D eigenvalue weighted by atomic mass is 9.60. The molecule has 6 rings (SSSR count). The highest BCUT2D eigenvalue weighted by Crippen LogP contribution is 2.61. The summed E-state index contributed by atoms with van der Waals surface area (Å²) in [4.78, 5) is 15.6. The van der Waals surface area contributed by atoms with Gasteiger partial charge in [-0.1, -0.05) is 31.5 Å². The second-order valence-electron chi connectivity index (χ2n) is 8.23. The van der Waals surface area contributed by atoms with E-state index in [0.717, 1.165) is 38.0 Å². The maximum Gasteiger partial charge on any atom is 0.297 e. The van der Waals surface area contributed by atoms with Crippen molar-refractivity contribution < 1.29 is 5.11 Å². The molecule has 2 saturated heterocycles. The van der Waals surface area contributed by atoms with E-state index < -0.39 is 0 Å². The van der Waals surface area contributed by atoms with Crippen molar-refractivity contribution in [3.8, 4) is 11.4 Å². The normalized spacial score (nSPS) is 34.0. The van der Waals surface area contributed by atoms with Crippen molar-refractivity contribution in [3.05, 3.63) is 57.5 Å². The summed E-state index contributed by atoms with van der Waals surface area (Å²) in [7, 11) is 0. The Kier molecular flexibility index (Phi) is 2.47. The standard InChI is InChI=1S/C21H22N2O2/c1-2-12-11-22-8-7-21-15-5-3-4-6-16(15)23-19(21)14(9-17(24)20(23)25)13(12)10-18(21)22/h3-6,9,12-13,18,24H,2,7-8,10-11H2,1H3/t12-,13+,18?,21+/m1/s1. The Labute approximate surface area is 146 Å². The van der Waals surface area contributed by atoms with Gasteiger partial charge < -0.3 is 5.11 Å². The predicted octanol–water partition coefficient (Wildman–Crippen LogP) is 2.74. The van der Waals surface area contributed by atoms with E-state index in [1.165, 1.54) is 16.8 Å². The summed E-state index contributed by atoms with van der Waals surface area (Å²) >= 11 is 0. The van der Waals surface area contributed by atoms with Gasteiger partial charge in [0, 0.05) is 18.3 Å². The van der Waals surface area contributed by atoms with Crippen LogP contribution in [0.5, 0.6) is 5.75 Å². The number of fused-ring (bicyclic) bond motifs is 4. The fraction of sp³-hybridized carbons (Fsp3) is 0.476. The quantitative estimate of drug-likeness (QED) is 0.872. The van der Waals surface area contributed by atoms with E-state index in [9.17, 15) is 9.90 Å². The third kappa shape index (κ3) is 1.40. The second kappa shape index (κ2) is 4.36. The van der Waals surface area contributed by atoms with E-state index in [0.29, 0.717) is 17.9 Å². The van der Waals surface area contributed by atoms with E-state index in [2.05, 4.69) is 24.0 Å². The van der Waals surface area contributed by atoms with Gasteiger partial charge in [0.15, 0.2) is 5.75 Å². The molecule has 128 valence electrons. The first-order valence-electron chi connectivity index (χ1n) is 9.50. The van der Waals surface area contributed by atoms with Crippen LogP contribution >= 0.6 is 0 Å². The van der Waals surface area contributed by atoms with Crippen LogP contribution in [0.25, 0.3) is 5.69 Å². The van der Waals surface area contributed by atoms with Crippen molar-refractivity contribution in [2.24, 2.45) is 5.92 Å².